The van der Waals surface area contributed by atoms with Crippen molar-refractivity contribution in [2.75, 3.05) is 0 Å². The van der Waals surface area contributed by atoms with Crippen LogP contribution in [-0.4, -0.2) is 26.1 Å². The van der Waals surface area contributed by atoms with Gasteiger partial charge in [0.05, 0.1) is 5.56 Å². The number of nitrogens with zero attached hydrogens (tertiary/aromatic N) is 4. The molecule has 3 rings (SSSR count). The minimum Gasteiger partial charge on any atom is -0.347 e. The largest absolute Gasteiger partial charge is 0.416 e. The van der Waals surface area contributed by atoms with Crippen LogP contribution in [0, 0.1) is 6.92 Å². The maximum absolute atomic E-state index is 12.7. The summed E-state index contributed by atoms with van der Waals surface area (Å²) >= 11 is 0. The minimum absolute atomic E-state index is 0.0598. The number of aromatic nitrogens is 4. The van der Waals surface area contributed by atoms with E-state index in [9.17, 15) is 18.0 Å². The highest BCUT2D eigenvalue weighted by Crippen LogP contribution is 2.29. The van der Waals surface area contributed by atoms with Crippen LogP contribution in [0.3, 0.4) is 0 Å². The summed E-state index contributed by atoms with van der Waals surface area (Å²) in [6, 6.07) is 13.8. The number of amides is 1. The summed E-state index contributed by atoms with van der Waals surface area (Å²) in [5, 5.41) is 13.9. The molecule has 1 amide bonds. The molecule has 0 atom stereocenters. The van der Waals surface area contributed by atoms with E-state index in [1.807, 2.05) is 30.3 Å². The number of alkyl halides is 3. The first-order chi connectivity index (χ1) is 13.3. The van der Waals surface area contributed by atoms with Crippen LogP contribution in [0.4, 0.5) is 13.2 Å². The molecule has 0 bridgehead atoms. The second-order valence-electron chi connectivity index (χ2n) is 5.96. The van der Waals surface area contributed by atoms with E-state index in [2.05, 4.69) is 20.8 Å². The molecule has 0 radical (unpaired) electrons. The Labute approximate surface area is 158 Å². The molecule has 1 heterocycles. The fourth-order valence-electron chi connectivity index (χ4n) is 2.47. The number of nitrogens with one attached hydrogen (secondary N) is 1. The third-order valence-corrected chi connectivity index (χ3v) is 3.92. The van der Waals surface area contributed by atoms with Crippen molar-refractivity contribution in [1.82, 2.24) is 25.5 Å². The van der Waals surface area contributed by atoms with Gasteiger partial charge in [0.25, 0.3) is 5.91 Å². The molecule has 0 saturated heterocycles. The molecule has 3 aromatic rings. The molecule has 0 aliphatic rings. The van der Waals surface area contributed by atoms with Crippen molar-refractivity contribution < 1.29 is 18.0 Å². The Morgan fingerprint density at radius 2 is 1.79 bits per heavy atom. The highest BCUT2D eigenvalue weighted by molar-refractivity contribution is 6.18. The molecule has 0 spiro atoms. The quantitative estimate of drug-likeness (QED) is 0.682. The molecule has 0 aliphatic carbocycles. The molecular formula is C19H16F3N5O. The number of carbonyl (C=O) groups is 1. The normalized spacial score (nSPS) is 12.1. The number of benzene rings is 2. The zero-order valence-electron chi connectivity index (χ0n) is 14.8. The number of carbonyl (C=O) groups excluding carboxylic acids is 1. The lowest BCUT2D eigenvalue weighted by Gasteiger charge is -2.11. The summed E-state index contributed by atoms with van der Waals surface area (Å²) in [6.07, 6.45) is -2.77. The molecule has 28 heavy (non-hydrogen) atoms. The Hall–Kier alpha value is -3.49. The third-order valence-electron chi connectivity index (χ3n) is 3.92. The van der Waals surface area contributed by atoms with Gasteiger partial charge in [0.15, 0.2) is 5.82 Å². The Kier molecular flexibility index (Phi) is 5.53. The van der Waals surface area contributed by atoms with Gasteiger partial charge in [-0.2, -0.15) is 17.9 Å². The van der Waals surface area contributed by atoms with Gasteiger partial charge >= 0.3 is 6.18 Å². The van der Waals surface area contributed by atoms with E-state index < -0.39 is 17.6 Å². The summed E-state index contributed by atoms with van der Waals surface area (Å²) in [5.74, 6) is -0.0361. The van der Waals surface area contributed by atoms with E-state index in [-0.39, 0.29) is 12.2 Å². The van der Waals surface area contributed by atoms with E-state index >= 15 is 0 Å². The fraction of sp³-hybridized carbons (Fsp3) is 0.158. The van der Waals surface area contributed by atoms with E-state index in [0.717, 1.165) is 17.7 Å². The molecule has 144 valence electrons. The van der Waals surface area contributed by atoms with Crippen molar-refractivity contribution in [1.29, 1.82) is 0 Å². The Morgan fingerprint density at radius 1 is 1.11 bits per heavy atom. The maximum atomic E-state index is 12.7. The average molecular weight is 387 g/mol. The van der Waals surface area contributed by atoms with E-state index in [4.69, 9.17) is 0 Å². The highest BCUT2D eigenvalue weighted by atomic mass is 19.4. The summed E-state index contributed by atoms with van der Waals surface area (Å²) in [7, 11) is 0. The molecule has 0 saturated carbocycles. The first-order valence-electron chi connectivity index (χ1n) is 8.31. The van der Waals surface area contributed by atoms with Gasteiger partial charge in [-0.05, 0) is 46.7 Å². The van der Waals surface area contributed by atoms with Gasteiger partial charge in [0.2, 0.25) is 0 Å². The number of aryl methyl sites for hydroxylation is 1. The second kappa shape index (κ2) is 8.03. The zero-order valence-corrected chi connectivity index (χ0v) is 14.8. The van der Waals surface area contributed by atoms with Crippen molar-refractivity contribution in [3.63, 3.8) is 0 Å². The molecule has 9 heteroatoms. The van der Waals surface area contributed by atoms with Crippen LogP contribution in [-0.2, 0) is 17.5 Å². The summed E-state index contributed by atoms with van der Waals surface area (Å²) in [6.45, 7) is 1.71. The predicted octanol–water partition coefficient (Wildman–Crippen LogP) is 3.31. The standard InChI is InChI=1S/C19H16F3N5O/c1-13-24-25-26-27(13)17(11-14-5-3-2-4-6-14)18(28)23-12-15-7-9-16(10-8-15)19(20,21)22/h2-11H,12H2,1H3,(H,23,28)/b17-11+. The first-order valence-corrected chi connectivity index (χ1v) is 8.31. The lowest BCUT2D eigenvalue weighted by Crippen LogP contribution is -2.27. The van der Waals surface area contributed by atoms with Crippen LogP contribution >= 0.6 is 0 Å². The van der Waals surface area contributed by atoms with Crippen molar-refractivity contribution in [2.24, 2.45) is 0 Å². The van der Waals surface area contributed by atoms with Crippen LogP contribution < -0.4 is 5.32 Å². The van der Waals surface area contributed by atoms with Gasteiger partial charge in [-0.3, -0.25) is 4.79 Å². The average Bonchev–Trinajstić information content (AvgIpc) is 3.10. The second-order valence-corrected chi connectivity index (χ2v) is 5.96. The Morgan fingerprint density at radius 3 is 2.36 bits per heavy atom. The number of hydrogen-bond acceptors (Lipinski definition) is 4. The maximum Gasteiger partial charge on any atom is 0.416 e. The molecule has 0 aliphatic heterocycles. The predicted molar refractivity (Wildman–Crippen MR) is 96.5 cm³/mol. The van der Waals surface area contributed by atoms with Crippen LogP contribution in [0.1, 0.15) is 22.5 Å². The molecule has 2 aromatic carbocycles. The van der Waals surface area contributed by atoms with Gasteiger partial charge in [-0.15, -0.1) is 5.10 Å². The van der Waals surface area contributed by atoms with Crippen molar-refractivity contribution in [3.05, 3.63) is 77.1 Å². The highest BCUT2D eigenvalue weighted by Gasteiger charge is 2.29. The minimum atomic E-state index is -4.40. The molecule has 1 N–H and O–H groups in total. The topological polar surface area (TPSA) is 72.7 Å². The molecule has 6 nitrogen and oxygen atoms in total. The van der Waals surface area contributed by atoms with Crippen LogP contribution in [0.15, 0.2) is 54.6 Å². The van der Waals surface area contributed by atoms with E-state index in [1.54, 1.807) is 13.0 Å². The van der Waals surface area contributed by atoms with Crippen molar-refractivity contribution in [2.45, 2.75) is 19.6 Å². The Balaban J connectivity index is 1.79. The lowest BCUT2D eigenvalue weighted by molar-refractivity contribution is -0.137. The summed E-state index contributed by atoms with van der Waals surface area (Å²) in [4.78, 5) is 12.7. The van der Waals surface area contributed by atoms with Crippen molar-refractivity contribution in [3.8, 4) is 0 Å². The smallest absolute Gasteiger partial charge is 0.347 e. The van der Waals surface area contributed by atoms with Gasteiger partial charge in [0.1, 0.15) is 5.70 Å². The summed E-state index contributed by atoms with van der Waals surface area (Å²) in [5.41, 5.74) is 0.767. The molecule has 0 fully saturated rings. The van der Waals surface area contributed by atoms with Crippen LogP contribution in [0.25, 0.3) is 11.8 Å². The van der Waals surface area contributed by atoms with Gasteiger partial charge in [-0.25, -0.2) is 0 Å². The van der Waals surface area contributed by atoms with Gasteiger partial charge < -0.3 is 5.32 Å². The zero-order chi connectivity index (χ0) is 20.1. The molecule has 1 aromatic heterocycles. The molecule has 0 unspecified atom stereocenters. The first kappa shape index (κ1) is 19.3. The van der Waals surface area contributed by atoms with E-state index in [0.29, 0.717) is 11.4 Å². The third kappa shape index (κ3) is 4.61. The van der Waals surface area contributed by atoms with Gasteiger partial charge in [-0.1, -0.05) is 42.5 Å². The molecular weight excluding hydrogens is 371 g/mol. The summed E-state index contributed by atoms with van der Waals surface area (Å²) < 4.78 is 39.2. The van der Waals surface area contributed by atoms with Gasteiger partial charge in [0, 0.05) is 6.54 Å². The number of rotatable bonds is 5. The fourth-order valence-corrected chi connectivity index (χ4v) is 2.47. The van der Waals surface area contributed by atoms with Crippen LogP contribution in [0.2, 0.25) is 0 Å². The SMILES string of the molecule is Cc1nnnn1/C(=C/c1ccccc1)C(=O)NCc1ccc(C(F)(F)F)cc1. The monoisotopic (exact) mass is 387 g/mol. The Bertz CT molecular complexity index is 979. The van der Waals surface area contributed by atoms with Crippen molar-refractivity contribution >= 4 is 17.7 Å². The lowest BCUT2D eigenvalue weighted by atomic mass is 10.1. The number of halogens is 3. The van der Waals surface area contributed by atoms with Crippen LogP contribution in [0.5, 0.6) is 0 Å². The number of hydrogen-bond donors (Lipinski definition) is 1. The van der Waals surface area contributed by atoms with E-state index in [1.165, 1.54) is 16.8 Å². The number of tetrazole rings is 1.